The minimum absolute atomic E-state index is 0. The van der Waals surface area contributed by atoms with E-state index in [-0.39, 0.29) is 37.1 Å². The van der Waals surface area contributed by atoms with Crippen LogP contribution in [0.25, 0.3) is 0 Å². The topological polar surface area (TPSA) is 113 Å². The number of nitrogen functional groups attached to an aromatic ring is 1. The van der Waals surface area contributed by atoms with Gasteiger partial charge in [-0.2, -0.15) is 4.37 Å². The number of anilines is 2. The van der Waals surface area contributed by atoms with Gasteiger partial charge in [-0.3, -0.25) is 4.79 Å². The SMILES string of the molecule is Cl.Cl.Nc1nc(CC(=O)Nc2ccc(CCNC[C@H](O)c3ccccc3)cc2)ns1. The van der Waals surface area contributed by atoms with Crippen molar-refractivity contribution in [2.45, 2.75) is 18.9 Å². The van der Waals surface area contributed by atoms with E-state index in [0.29, 0.717) is 17.5 Å². The third kappa shape index (κ3) is 8.25. The number of nitrogens with zero attached hydrogens (tertiary/aromatic N) is 2. The normalized spacial score (nSPS) is 11.1. The zero-order valence-electron chi connectivity index (χ0n) is 16.2. The van der Waals surface area contributed by atoms with E-state index >= 15 is 0 Å². The van der Waals surface area contributed by atoms with E-state index in [1.165, 1.54) is 0 Å². The van der Waals surface area contributed by atoms with Crippen LogP contribution in [-0.4, -0.2) is 33.5 Å². The van der Waals surface area contributed by atoms with Gasteiger partial charge < -0.3 is 21.5 Å². The van der Waals surface area contributed by atoms with Gasteiger partial charge >= 0.3 is 0 Å². The van der Waals surface area contributed by atoms with Gasteiger partial charge in [0, 0.05) is 23.8 Å². The van der Waals surface area contributed by atoms with E-state index in [1.807, 2.05) is 54.6 Å². The van der Waals surface area contributed by atoms with Gasteiger partial charge in [-0.1, -0.05) is 42.5 Å². The predicted octanol–water partition coefficient (Wildman–Crippen LogP) is 3.01. The standard InChI is InChI=1S/C20H23N5O2S.2ClH/c21-20-24-18(25-28-20)12-19(27)23-16-8-6-14(7-9-16)10-11-22-13-17(26)15-4-2-1-3-5-15;;/h1-9,17,22,26H,10-13H2,(H,23,27)(H2,21,24,25);2*1H/t17-;;/m0../s1. The number of amides is 1. The Morgan fingerprint density at radius 1 is 1.10 bits per heavy atom. The third-order valence-electron chi connectivity index (χ3n) is 4.15. The predicted molar refractivity (Wildman–Crippen MR) is 126 cm³/mol. The van der Waals surface area contributed by atoms with Crippen LogP contribution in [0.2, 0.25) is 0 Å². The summed E-state index contributed by atoms with van der Waals surface area (Å²) in [6.07, 6.45) is 0.419. The highest BCUT2D eigenvalue weighted by molar-refractivity contribution is 7.09. The number of nitrogens with one attached hydrogen (secondary N) is 2. The maximum absolute atomic E-state index is 12.0. The fourth-order valence-corrected chi connectivity index (χ4v) is 3.16. The molecule has 0 spiro atoms. The maximum Gasteiger partial charge on any atom is 0.232 e. The monoisotopic (exact) mass is 469 g/mol. The summed E-state index contributed by atoms with van der Waals surface area (Å²) in [4.78, 5) is 16.0. The molecule has 0 fully saturated rings. The van der Waals surface area contributed by atoms with Crippen molar-refractivity contribution in [3.8, 4) is 0 Å². The van der Waals surface area contributed by atoms with Crippen molar-refractivity contribution in [3.63, 3.8) is 0 Å². The van der Waals surface area contributed by atoms with Crippen LogP contribution in [-0.2, 0) is 17.6 Å². The van der Waals surface area contributed by atoms with Gasteiger partial charge in [-0.05, 0) is 36.2 Å². The van der Waals surface area contributed by atoms with Gasteiger partial charge in [0.1, 0.15) is 0 Å². The summed E-state index contributed by atoms with van der Waals surface area (Å²) < 4.78 is 4.00. The molecule has 1 amide bonds. The number of aliphatic hydroxyl groups is 1. The fraction of sp³-hybridized carbons (Fsp3) is 0.250. The van der Waals surface area contributed by atoms with Crippen molar-refractivity contribution in [1.82, 2.24) is 14.7 Å². The Kier molecular flexibility index (Phi) is 11.3. The van der Waals surface area contributed by atoms with Gasteiger partial charge in [-0.15, -0.1) is 24.8 Å². The van der Waals surface area contributed by atoms with Crippen molar-refractivity contribution < 1.29 is 9.90 Å². The molecule has 7 nitrogen and oxygen atoms in total. The molecule has 1 aromatic heterocycles. The van der Waals surface area contributed by atoms with Crippen LogP contribution in [0.4, 0.5) is 10.8 Å². The number of halogens is 2. The minimum Gasteiger partial charge on any atom is -0.387 e. The second kappa shape index (κ2) is 13.1. The van der Waals surface area contributed by atoms with Crippen LogP contribution >= 0.6 is 36.3 Å². The Bertz CT molecular complexity index is 894. The van der Waals surface area contributed by atoms with Crippen molar-refractivity contribution in [2.75, 3.05) is 24.1 Å². The highest BCUT2D eigenvalue weighted by Crippen LogP contribution is 2.13. The number of aliphatic hydroxyl groups excluding tert-OH is 1. The van der Waals surface area contributed by atoms with Gasteiger partial charge in [-0.25, -0.2) is 4.98 Å². The van der Waals surface area contributed by atoms with E-state index in [9.17, 15) is 9.90 Å². The first-order valence-electron chi connectivity index (χ1n) is 9.01. The molecular weight excluding hydrogens is 445 g/mol. The number of hydrogen-bond acceptors (Lipinski definition) is 7. The largest absolute Gasteiger partial charge is 0.387 e. The highest BCUT2D eigenvalue weighted by Gasteiger charge is 2.09. The molecule has 0 unspecified atom stereocenters. The van der Waals surface area contributed by atoms with E-state index in [2.05, 4.69) is 20.0 Å². The van der Waals surface area contributed by atoms with Crippen LogP contribution in [0.5, 0.6) is 0 Å². The van der Waals surface area contributed by atoms with Crippen molar-refractivity contribution in [1.29, 1.82) is 0 Å². The first-order valence-corrected chi connectivity index (χ1v) is 9.78. The molecule has 0 radical (unpaired) electrons. The van der Waals surface area contributed by atoms with E-state index in [0.717, 1.165) is 41.3 Å². The van der Waals surface area contributed by atoms with Gasteiger partial charge in [0.15, 0.2) is 11.0 Å². The molecule has 2 aromatic carbocycles. The zero-order chi connectivity index (χ0) is 19.8. The number of aromatic nitrogens is 2. The minimum atomic E-state index is -0.513. The summed E-state index contributed by atoms with van der Waals surface area (Å²) in [7, 11) is 0. The Morgan fingerprint density at radius 2 is 1.80 bits per heavy atom. The Morgan fingerprint density at radius 3 is 2.43 bits per heavy atom. The van der Waals surface area contributed by atoms with Crippen LogP contribution in [0.1, 0.15) is 23.1 Å². The third-order valence-corrected chi connectivity index (χ3v) is 4.73. The summed E-state index contributed by atoms with van der Waals surface area (Å²) in [5.41, 5.74) is 8.29. The summed E-state index contributed by atoms with van der Waals surface area (Å²) in [5, 5.41) is 16.6. The van der Waals surface area contributed by atoms with Crippen LogP contribution in [0, 0.1) is 0 Å². The molecule has 1 heterocycles. The lowest BCUT2D eigenvalue weighted by Gasteiger charge is -2.12. The second-order valence-corrected chi connectivity index (χ2v) is 7.13. The smallest absolute Gasteiger partial charge is 0.232 e. The quantitative estimate of drug-likeness (QED) is 0.358. The number of nitrogens with two attached hydrogens (primary N) is 1. The fourth-order valence-electron chi connectivity index (χ4n) is 2.71. The van der Waals surface area contributed by atoms with Crippen molar-refractivity contribution in [3.05, 3.63) is 71.5 Å². The van der Waals surface area contributed by atoms with Crippen LogP contribution in [0.15, 0.2) is 54.6 Å². The van der Waals surface area contributed by atoms with Crippen molar-refractivity contribution >= 4 is 53.1 Å². The molecule has 0 saturated carbocycles. The average Bonchev–Trinajstić information content (AvgIpc) is 3.11. The van der Waals surface area contributed by atoms with Crippen LogP contribution < -0.4 is 16.4 Å². The average molecular weight is 470 g/mol. The molecule has 0 aliphatic heterocycles. The van der Waals surface area contributed by atoms with Crippen LogP contribution in [0.3, 0.4) is 0 Å². The van der Waals surface area contributed by atoms with Gasteiger partial charge in [0.2, 0.25) is 5.91 Å². The van der Waals surface area contributed by atoms with Gasteiger partial charge in [0.05, 0.1) is 12.5 Å². The summed E-state index contributed by atoms with van der Waals surface area (Å²) in [6.45, 7) is 1.26. The number of rotatable bonds is 9. The first-order chi connectivity index (χ1) is 13.6. The summed E-state index contributed by atoms with van der Waals surface area (Å²) in [6, 6.07) is 17.3. The molecule has 5 N–H and O–H groups in total. The Balaban J connectivity index is 0.00000225. The molecule has 0 aliphatic carbocycles. The second-order valence-electron chi connectivity index (χ2n) is 6.35. The number of hydrogen-bond donors (Lipinski definition) is 4. The molecule has 3 rings (SSSR count). The number of carbonyl (C=O) groups is 1. The van der Waals surface area contributed by atoms with E-state index in [4.69, 9.17) is 5.73 Å². The summed E-state index contributed by atoms with van der Waals surface area (Å²) in [5.74, 6) is 0.252. The maximum atomic E-state index is 12.0. The van der Waals surface area contributed by atoms with Crippen molar-refractivity contribution in [2.24, 2.45) is 0 Å². The molecule has 10 heteroatoms. The molecule has 0 bridgehead atoms. The molecular formula is C20H25Cl2N5O2S. The lowest BCUT2D eigenvalue weighted by Crippen LogP contribution is -2.23. The molecule has 3 aromatic rings. The first kappa shape index (κ1) is 25.8. The molecule has 0 aliphatic rings. The number of carbonyl (C=O) groups excluding carboxylic acids is 1. The molecule has 162 valence electrons. The molecule has 30 heavy (non-hydrogen) atoms. The lowest BCUT2D eigenvalue weighted by molar-refractivity contribution is -0.115. The lowest BCUT2D eigenvalue weighted by atomic mass is 10.1. The molecule has 0 saturated heterocycles. The molecule has 1 atom stereocenters. The summed E-state index contributed by atoms with van der Waals surface area (Å²) >= 11 is 1.08. The van der Waals surface area contributed by atoms with E-state index in [1.54, 1.807) is 0 Å². The number of benzene rings is 2. The Hall–Kier alpha value is -2.23. The highest BCUT2D eigenvalue weighted by atomic mass is 35.5. The zero-order valence-corrected chi connectivity index (χ0v) is 18.6. The van der Waals surface area contributed by atoms with Gasteiger partial charge in [0.25, 0.3) is 0 Å². The Labute approximate surface area is 192 Å². The van der Waals surface area contributed by atoms with E-state index < -0.39 is 6.10 Å².